The van der Waals surface area contributed by atoms with Crippen LogP contribution in [0.1, 0.15) is 12.8 Å². The maximum atomic E-state index is 12.3. The smallest absolute Gasteiger partial charge is 0.252 e. The number of carbonyl (C=O) groups excluding carboxylic acids is 2. The Hall–Kier alpha value is -1.14. The third-order valence-corrected chi connectivity index (χ3v) is 3.46. The summed E-state index contributed by atoms with van der Waals surface area (Å²) in [7, 11) is 3.43. The second kappa shape index (κ2) is 5.67. The zero-order valence-electron chi connectivity index (χ0n) is 11.0. The molecule has 2 heterocycles. The van der Waals surface area contributed by atoms with Gasteiger partial charge in [0.25, 0.3) is 5.91 Å². The molecular formula is C12H21N3O3. The predicted molar refractivity (Wildman–Crippen MR) is 66.0 cm³/mol. The zero-order valence-corrected chi connectivity index (χ0v) is 11.0. The monoisotopic (exact) mass is 255 g/mol. The van der Waals surface area contributed by atoms with E-state index in [1.165, 1.54) is 4.90 Å². The molecule has 0 radical (unpaired) electrons. The number of nitrogens with one attached hydrogen (secondary N) is 1. The van der Waals surface area contributed by atoms with Crippen molar-refractivity contribution < 1.29 is 14.3 Å². The maximum Gasteiger partial charge on any atom is 0.252 e. The molecule has 2 fully saturated rings. The van der Waals surface area contributed by atoms with E-state index in [1.807, 2.05) is 0 Å². The van der Waals surface area contributed by atoms with Crippen molar-refractivity contribution >= 4 is 11.8 Å². The highest BCUT2D eigenvalue weighted by molar-refractivity contribution is 5.89. The van der Waals surface area contributed by atoms with Crippen LogP contribution in [0, 0.1) is 0 Å². The Bertz CT molecular complexity index is 327. The van der Waals surface area contributed by atoms with Crippen LogP contribution in [0.15, 0.2) is 0 Å². The van der Waals surface area contributed by atoms with E-state index in [0.717, 1.165) is 19.4 Å². The first-order chi connectivity index (χ1) is 8.61. The van der Waals surface area contributed by atoms with Crippen LogP contribution in [-0.4, -0.2) is 74.1 Å². The van der Waals surface area contributed by atoms with E-state index in [-0.39, 0.29) is 17.9 Å². The Kier molecular flexibility index (Phi) is 4.19. The van der Waals surface area contributed by atoms with Crippen LogP contribution < -0.4 is 5.32 Å². The van der Waals surface area contributed by atoms with Crippen molar-refractivity contribution in [2.24, 2.45) is 0 Å². The van der Waals surface area contributed by atoms with Gasteiger partial charge in [0.15, 0.2) is 0 Å². The largest absolute Gasteiger partial charge is 0.368 e. The topological polar surface area (TPSA) is 61.9 Å². The molecule has 102 valence electrons. The normalized spacial score (nSPS) is 28.2. The summed E-state index contributed by atoms with van der Waals surface area (Å²) in [6, 6.07) is -0.398. The number of piperazine rings is 1. The summed E-state index contributed by atoms with van der Waals surface area (Å²) < 4.78 is 5.42. The highest BCUT2D eigenvalue weighted by Crippen LogP contribution is 2.17. The summed E-state index contributed by atoms with van der Waals surface area (Å²) in [5.74, 6) is -0.0669. The van der Waals surface area contributed by atoms with Crippen molar-refractivity contribution in [2.45, 2.75) is 25.0 Å². The molecule has 6 nitrogen and oxygen atoms in total. The Morgan fingerprint density at radius 3 is 2.78 bits per heavy atom. The van der Waals surface area contributed by atoms with Crippen LogP contribution in [0.25, 0.3) is 0 Å². The van der Waals surface area contributed by atoms with Gasteiger partial charge < -0.3 is 19.9 Å². The van der Waals surface area contributed by atoms with Crippen molar-refractivity contribution in [3.63, 3.8) is 0 Å². The first-order valence-electron chi connectivity index (χ1n) is 6.45. The summed E-state index contributed by atoms with van der Waals surface area (Å²) in [5, 5.41) is 3.16. The average molecular weight is 255 g/mol. The lowest BCUT2D eigenvalue weighted by Gasteiger charge is -2.37. The Morgan fingerprint density at radius 1 is 1.39 bits per heavy atom. The van der Waals surface area contributed by atoms with Crippen LogP contribution in [0.5, 0.6) is 0 Å². The minimum atomic E-state index is -0.398. The molecule has 1 N–H and O–H groups in total. The Morgan fingerprint density at radius 2 is 2.17 bits per heavy atom. The van der Waals surface area contributed by atoms with E-state index in [4.69, 9.17) is 4.74 Å². The van der Waals surface area contributed by atoms with Crippen LogP contribution in [0.3, 0.4) is 0 Å². The molecule has 18 heavy (non-hydrogen) atoms. The molecule has 0 bridgehead atoms. The van der Waals surface area contributed by atoms with E-state index >= 15 is 0 Å². The van der Waals surface area contributed by atoms with E-state index in [0.29, 0.717) is 19.7 Å². The lowest BCUT2D eigenvalue weighted by Crippen LogP contribution is -2.61. The number of amides is 2. The van der Waals surface area contributed by atoms with Gasteiger partial charge in [-0.3, -0.25) is 9.59 Å². The molecule has 2 aliphatic rings. The summed E-state index contributed by atoms with van der Waals surface area (Å²) in [6.45, 7) is 2.48. The van der Waals surface area contributed by atoms with Gasteiger partial charge in [-0.25, -0.2) is 0 Å². The maximum absolute atomic E-state index is 12.3. The van der Waals surface area contributed by atoms with Gasteiger partial charge in [-0.05, 0) is 12.8 Å². The van der Waals surface area contributed by atoms with Gasteiger partial charge in [0.2, 0.25) is 5.91 Å². The molecule has 0 aliphatic carbocycles. The molecule has 0 saturated carbocycles. The summed E-state index contributed by atoms with van der Waals surface area (Å²) in [6.07, 6.45) is 1.35. The fourth-order valence-corrected chi connectivity index (χ4v) is 2.44. The Labute approximate surface area is 107 Å². The van der Waals surface area contributed by atoms with E-state index < -0.39 is 6.04 Å². The number of ether oxygens (including phenoxy) is 1. The third-order valence-electron chi connectivity index (χ3n) is 3.46. The highest BCUT2D eigenvalue weighted by atomic mass is 16.5. The number of likely N-dealkylation sites (N-methyl/N-ethyl adjacent to an activating group) is 1. The van der Waals surface area contributed by atoms with Crippen molar-refractivity contribution in [2.75, 3.05) is 40.3 Å². The molecule has 0 aromatic carbocycles. The van der Waals surface area contributed by atoms with Crippen LogP contribution in [0.4, 0.5) is 0 Å². The number of nitrogens with zero attached hydrogens (tertiary/aromatic N) is 2. The van der Waals surface area contributed by atoms with Crippen LogP contribution >= 0.6 is 0 Å². The molecule has 2 saturated heterocycles. The van der Waals surface area contributed by atoms with Gasteiger partial charge in [0.05, 0.1) is 0 Å². The zero-order chi connectivity index (χ0) is 13.1. The molecule has 0 aromatic heterocycles. The average Bonchev–Trinajstić information content (AvgIpc) is 2.90. The van der Waals surface area contributed by atoms with Crippen molar-refractivity contribution in [3.8, 4) is 0 Å². The number of hydrogen-bond donors (Lipinski definition) is 1. The van der Waals surface area contributed by atoms with Gasteiger partial charge in [-0.1, -0.05) is 0 Å². The van der Waals surface area contributed by atoms with Crippen LogP contribution in [0.2, 0.25) is 0 Å². The second-order valence-electron chi connectivity index (χ2n) is 4.99. The minimum Gasteiger partial charge on any atom is -0.368 e. The summed E-state index contributed by atoms with van der Waals surface area (Å²) >= 11 is 0. The highest BCUT2D eigenvalue weighted by Gasteiger charge is 2.37. The van der Waals surface area contributed by atoms with Gasteiger partial charge in [-0.15, -0.1) is 0 Å². The fourth-order valence-electron chi connectivity index (χ4n) is 2.44. The van der Waals surface area contributed by atoms with Gasteiger partial charge >= 0.3 is 0 Å². The molecule has 2 amide bonds. The molecule has 2 atom stereocenters. The number of hydrogen-bond acceptors (Lipinski definition) is 4. The summed E-state index contributed by atoms with van der Waals surface area (Å²) in [4.78, 5) is 27.6. The van der Waals surface area contributed by atoms with E-state index in [1.54, 1.807) is 19.0 Å². The van der Waals surface area contributed by atoms with E-state index in [9.17, 15) is 9.59 Å². The Balaban J connectivity index is 2.07. The van der Waals surface area contributed by atoms with Gasteiger partial charge in [-0.2, -0.15) is 0 Å². The molecule has 1 unspecified atom stereocenters. The van der Waals surface area contributed by atoms with Gasteiger partial charge in [0.1, 0.15) is 12.1 Å². The lowest BCUT2D eigenvalue weighted by atomic mass is 10.1. The quantitative estimate of drug-likeness (QED) is 0.691. The first-order valence-corrected chi connectivity index (χ1v) is 6.45. The SMILES string of the molecule is CN(C)C(=O)C1CNCCN1C(=O)[C@@H]1CCCO1. The third kappa shape index (κ3) is 2.64. The molecule has 2 aliphatic heterocycles. The van der Waals surface area contributed by atoms with Crippen molar-refractivity contribution in [3.05, 3.63) is 0 Å². The van der Waals surface area contributed by atoms with Crippen molar-refractivity contribution in [1.82, 2.24) is 15.1 Å². The first kappa shape index (κ1) is 13.3. The molecular weight excluding hydrogens is 234 g/mol. The minimum absolute atomic E-state index is 0.0331. The molecule has 2 rings (SSSR count). The number of rotatable bonds is 2. The van der Waals surface area contributed by atoms with Crippen LogP contribution in [-0.2, 0) is 14.3 Å². The predicted octanol–water partition coefficient (Wildman–Crippen LogP) is -0.946. The lowest BCUT2D eigenvalue weighted by molar-refractivity contribution is -0.151. The molecule has 0 aromatic rings. The fraction of sp³-hybridized carbons (Fsp3) is 0.833. The summed E-state index contributed by atoms with van der Waals surface area (Å²) in [5.41, 5.74) is 0. The van der Waals surface area contributed by atoms with Crippen molar-refractivity contribution in [1.29, 1.82) is 0 Å². The molecule has 6 heteroatoms. The molecule has 0 spiro atoms. The van der Waals surface area contributed by atoms with E-state index in [2.05, 4.69) is 5.32 Å². The number of carbonyl (C=O) groups is 2. The standard InChI is InChI=1S/C12H21N3O3/c1-14(2)11(16)9-8-13-5-6-15(9)12(17)10-4-3-7-18-10/h9-10,13H,3-8H2,1-2H3/t9?,10-/m0/s1. The van der Waals surface area contributed by atoms with Gasteiger partial charge in [0, 0.05) is 40.3 Å². The second-order valence-corrected chi connectivity index (χ2v) is 4.99.